The number of H-pyrrole nitrogens is 1. The van der Waals surface area contributed by atoms with E-state index in [4.69, 9.17) is 11.6 Å². The second kappa shape index (κ2) is 8.61. The zero-order valence-electron chi connectivity index (χ0n) is 16.0. The van der Waals surface area contributed by atoms with Gasteiger partial charge in [0.1, 0.15) is 9.90 Å². The van der Waals surface area contributed by atoms with E-state index in [2.05, 4.69) is 10.4 Å². The molecule has 2 aromatic heterocycles. The highest BCUT2D eigenvalue weighted by molar-refractivity contribution is 7.92. The van der Waals surface area contributed by atoms with Gasteiger partial charge in [-0.1, -0.05) is 41.9 Å². The average Bonchev–Trinajstić information content (AvgIpc) is 3.35. The number of halogens is 2. The molecule has 8 nitrogen and oxygen atoms in total. The Balaban J connectivity index is 1.52. The largest absolute Gasteiger partial charge is 0.333 e. The van der Waals surface area contributed by atoms with E-state index in [1.54, 1.807) is 12.1 Å². The summed E-state index contributed by atoms with van der Waals surface area (Å²) < 4.78 is 42.0. The van der Waals surface area contributed by atoms with Crippen molar-refractivity contribution in [1.82, 2.24) is 14.5 Å². The molecule has 4 aromatic rings. The van der Waals surface area contributed by atoms with Gasteiger partial charge in [0.2, 0.25) is 0 Å². The van der Waals surface area contributed by atoms with E-state index >= 15 is 0 Å². The van der Waals surface area contributed by atoms with Gasteiger partial charge in [-0.3, -0.25) is 9.89 Å². The maximum atomic E-state index is 14.7. The molecule has 0 aliphatic carbocycles. The highest BCUT2D eigenvalue weighted by atomic mass is 35.5. The van der Waals surface area contributed by atoms with Gasteiger partial charge >= 0.3 is 6.03 Å². The Labute approximate surface area is 190 Å². The van der Waals surface area contributed by atoms with Crippen LogP contribution in [0, 0.1) is 5.82 Å². The summed E-state index contributed by atoms with van der Waals surface area (Å²) in [6.45, 7) is 0. The summed E-state index contributed by atoms with van der Waals surface area (Å²) in [6, 6.07) is 15.6. The molecule has 0 aliphatic rings. The lowest BCUT2D eigenvalue weighted by atomic mass is 10.2. The van der Waals surface area contributed by atoms with Crippen molar-refractivity contribution < 1.29 is 17.6 Å². The Morgan fingerprint density at radius 3 is 2.47 bits per heavy atom. The minimum absolute atomic E-state index is 0.00829. The number of benzene rings is 2. The molecule has 0 unspecified atom stereocenters. The van der Waals surface area contributed by atoms with Crippen LogP contribution in [-0.4, -0.2) is 24.2 Å². The van der Waals surface area contributed by atoms with Crippen LogP contribution in [0.4, 0.5) is 14.9 Å². The standard InChI is InChI=1S/C20H14ClFN4O4S2/c21-17-8-9-19(31-17)32(29,30)25-20(28)23-13-6-7-16(14(22)10-13)26-18(27)11-15(24-26)12-4-2-1-3-5-12/h1-11,24H,(H2,23,25,28). The third-order valence-corrected chi connectivity index (χ3v) is 7.35. The van der Waals surface area contributed by atoms with Gasteiger partial charge in [0, 0.05) is 11.8 Å². The van der Waals surface area contributed by atoms with Crippen LogP contribution in [-0.2, 0) is 10.0 Å². The second-order valence-corrected chi connectivity index (χ2v) is 10.1. The SMILES string of the molecule is O=C(Nc1ccc(-n2[nH]c(-c3ccccc3)cc2=O)c(F)c1)NS(=O)(=O)c1ccc(Cl)s1. The van der Waals surface area contributed by atoms with Crippen molar-refractivity contribution in [2.75, 3.05) is 5.32 Å². The van der Waals surface area contributed by atoms with Crippen LogP contribution >= 0.6 is 22.9 Å². The van der Waals surface area contributed by atoms with Gasteiger partial charge in [-0.25, -0.2) is 27.0 Å². The van der Waals surface area contributed by atoms with Gasteiger partial charge < -0.3 is 5.32 Å². The van der Waals surface area contributed by atoms with Crippen molar-refractivity contribution in [3.8, 4) is 16.9 Å². The van der Waals surface area contributed by atoms with E-state index in [-0.39, 0.29) is 19.9 Å². The molecule has 0 radical (unpaired) electrons. The first-order valence-corrected chi connectivity index (χ1v) is 11.7. The first-order valence-electron chi connectivity index (χ1n) is 8.99. The number of carbonyl (C=O) groups is 1. The number of nitrogens with zero attached hydrogens (tertiary/aromatic N) is 1. The number of hydrogen-bond donors (Lipinski definition) is 3. The van der Waals surface area contributed by atoms with Crippen LogP contribution in [0.5, 0.6) is 0 Å². The lowest BCUT2D eigenvalue weighted by molar-refractivity contribution is 0.256. The predicted octanol–water partition coefficient (Wildman–Crippen LogP) is 4.20. The predicted molar refractivity (Wildman–Crippen MR) is 120 cm³/mol. The van der Waals surface area contributed by atoms with Gasteiger partial charge in [0.05, 0.1) is 10.0 Å². The van der Waals surface area contributed by atoms with Crippen LogP contribution in [0.3, 0.4) is 0 Å². The van der Waals surface area contributed by atoms with Crippen molar-refractivity contribution in [3.05, 3.63) is 87.2 Å². The molecule has 12 heteroatoms. The minimum Gasteiger partial charge on any atom is -0.307 e. The van der Waals surface area contributed by atoms with Crippen LogP contribution in [0.25, 0.3) is 16.9 Å². The maximum Gasteiger partial charge on any atom is 0.333 e. The summed E-state index contributed by atoms with van der Waals surface area (Å²) in [4.78, 5) is 24.4. The zero-order chi connectivity index (χ0) is 22.9. The van der Waals surface area contributed by atoms with Gasteiger partial charge in [0.25, 0.3) is 15.6 Å². The van der Waals surface area contributed by atoms with E-state index in [0.29, 0.717) is 5.69 Å². The van der Waals surface area contributed by atoms with Crippen LogP contribution < -0.4 is 15.6 Å². The number of urea groups is 1. The molecule has 0 bridgehead atoms. The number of hydrogen-bond acceptors (Lipinski definition) is 5. The van der Waals surface area contributed by atoms with Gasteiger partial charge in [-0.15, -0.1) is 11.3 Å². The van der Waals surface area contributed by atoms with Crippen LogP contribution in [0.15, 0.2) is 75.7 Å². The third-order valence-electron chi connectivity index (χ3n) is 4.29. The summed E-state index contributed by atoms with van der Waals surface area (Å²) in [5, 5.41) is 5.09. The molecule has 0 fully saturated rings. The summed E-state index contributed by atoms with van der Waals surface area (Å²) in [6.07, 6.45) is 0. The molecule has 0 aliphatic heterocycles. The molecule has 164 valence electrons. The highest BCUT2D eigenvalue weighted by Gasteiger charge is 2.20. The number of thiophene rings is 1. The molecular weight excluding hydrogens is 479 g/mol. The monoisotopic (exact) mass is 492 g/mol. The van der Waals surface area contributed by atoms with E-state index in [1.165, 1.54) is 30.3 Å². The number of sulfonamides is 1. The van der Waals surface area contributed by atoms with Crippen molar-refractivity contribution >= 4 is 44.7 Å². The molecule has 0 saturated heterocycles. The van der Waals surface area contributed by atoms with E-state index in [1.807, 2.05) is 22.9 Å². The summed E-state index contributed by atoms with van der Waals surface area (Å²) in [5.41, 5.74) is 0.722. The first kappa shape index (κ1) is 21.8. The van der Waals surface area contributed by atoms with Gasteiger partial charge in [0.15, 0.2) is 5.82 Å². The van der Waals surface area contributed by atoms with Gasteiger partial charge in [-0.05, 0) is 35.9 Å². The summed E-state index contributed by atoms with van der Waals surface area (Å²) >= 11 is 6.51. The molecule has 2 amide bonds. The molecule has 2 aromatic carbocycles. The van der Waals surface area contributed by atoms with Gasteiger partial charge in [-0.2, -0.15) is 0 Å². The number of amides is 2. The number of carbonyl (C=O) groups excluding carboxylic acids is 1. The molecule has 0 spiro atoms. The van der Waals surface area contributed by atoms with Crippen molar-refractivity contribution in [1.29, 1.82) is 0 Å². The Morgan fingerprint density at radius 1 is 1.06 bits per heavy atom. The normalized spacial score (nSPS) is 11.3. The fraction of sp³-hybridized carbons (Fsp3) is 0. The second-order valence-electron chi connectivity index (χ2n) is 6.49. The lowest BCUT2D eigenvalue weighted by Gasteiger charge is -2.09. The quantitative estimate of drug-likeness (QED) is 0.387. The van der Waals surface area contributed by atoms with E-state index < -0.39 is 27.4 Å². The Morgan fingerprint density at radius 2 is 1.81 bits per heavy atom. The lowest BCUT2D eigenvalue weighted by Crippen LogP contribution is -2.34. The molecule has 32 heavy (non-hydrogen) atoms. The molecule has 0 saturated carbocycles. The molecule has 0 atom stereocenters. The van der Waals surface area contributed by atoms with Crippen molar-refractivity contribution in [3.63, 3.8) is 0 Å². The minimum atomic E-state index is -4.12. The summed E-state index contributed by atoms with van der Waals surface area (Å²) in [5.74, 6) is -0.806. The van der Waals surface area contributed by atoms with Crippen LogP contribution in [0.2, 0.25) is 4.34 Å². The smallest absolute Gasteiger partial charge is 0.307 e. The van der Waals surface area contributed by atoms with E-state index in [9.17, 15) is 22.4 Å². The molecule has 2 heterocycles. The third kappa shape index (κ3) is 4.59. The zero-order valence-corrected chi connectivity index (χ0v) is 18.4. The first-order chi connectivity index (χ1) is 15.2. The van der Waals surface area contributed by atoms with Crippen molar-refractivity contribution in [2.45, 2.75) is 4.21 Å². The van der Waals surface area contributed by atoms with Crippen molar-refractivity contribution in [2.24, 2.45) is 0 Å². The Bertz CT molecular complexity index is 1460. The van der Waals surface area contributed by atoms with Crippen LogP contribution in [0.1, 0.15) is 0 Å². The Kier molecular flexibility index (Phi) is 5.87. The molecule has 4 rings (SSSR count). The molecular formula is C20H14ClFN4O4S2. The fourth-order valence-electron chi connectivity index (χ4n) is 2.88. The summed E-state index contributed by atoms with van der Waals surface area (Å²) in [7, 11) is -4.12. The number of nitrogens with one attached hydrogen (secondary N) is 3. The topological polar surface area (TPSA) is 113 Å². The molecule has 3 N–H and O–H groups in total. The maximum absolute atomic E-state index is 14.7. The fourth-order valence-corrected chi connectivity index (χ4v) is 5.27. The number of aromatic amines is 1. The highest BCUT2D eigenvalue weighted by Crippen LogP contribution is 2.25. The number of rotatable bonds is 5. The average molecular weight is 493 g/mol. The van der Waals surface area contributed by atoms with E-state index in [0.717, 1.165) is 27.6 Å². The number of aromatic nitrogens is 2. The Hall–Kier alpha value is -3.41. The number of anilines is 1.